The Bertz CT molecular complexity index is 831. The number of amidine groups is 1. The molecule has 2 saturated heterocycles. The van der Waals surface area contributed by atoms with E-state index < -0.39 is 9.84 Å². The lowest BCUT2D eigenvalue weighted by molar-refractivity contribution is -0.121. The van der Waals surface area contributed by atoms with E-state index in [-0.39, 0.29) is 35.3 Å². The predicted molar refractivity (Wildman–Crippen MR) is 104 cm³/mol. The summed E-state index contributed by atoms with van der Waals surface area (Å²) in [4.78, 5) is 18.1. The van der Waals surface area contributed by atoms with Gasteiger partial charge in [-0.3, -0.25) is 4.79 Å². The lowest BCUT2D eigenvalue weighted by Gasteiger charge is -2.28. The zero-order chi connectivity index (χ0) is 18.4. The maximum atomic E-state index is 12.1. The number of sulfone groups is 1. The van der Waals surface area contributed by atoms with Crippen molar-refractivity contribution in [2.45, 2.75) is 25.1 Å². The molecule has 0 saturated carbocycles. The smallest absolute Gasteiger partial charge is 0.274 e. The summed E-state index contributed by atoms with van der Waals surface area (Å²) in [6.07, 6.45) is 0. The summed E-state index contributed by atoms with van der Waals surface area (Å²) in [5.41, 5.74) is 2.93. The Morgan fingerprint density at radius 3 is 2.60 bits per heavy atom. The van der Waals surface area contributed by atoms with Gasteiger partial charge in [0, 0.05) is 22.5 Å². The second-order valence-electron chi connectivity index (χ2n) is 6.28. The van der Waals surface area contributed by atoms with Gasteiger partial charge in [-0.2, -0.15) is 4.99 Å². The summed E-state index contributed by atoms with van der Waals surface area (Å²) in [7, 11) is -1.63. The summed E-state index contributed by atoms with van der Waals surface area (Å²) in [6.45, 7) is 3.86. The molecule has 0 spiro atoms. The Labute approximate surface area is 160 Å². The number of methoxy groups -OCH3 is 1. The average molecular weight is 447 g/mol. The molecule has 1 aromatic rings. The second kappa shape index (κ2) is 7.02. The number of carbonyl (C=O) groups excluding carboxylic acids is 1. The number of ether oxygens (including phenoxy) is 1. The number of hydrogen-bond acceptors (Lipinski definition) is 5. The Hall–Kier alpha value is -0.900. The van der Waals surface area contributed by atoms with Crippen LogP contribution in [0.1, 0.15) is 11.1 Å². The SMILES string of the molecule is COCC(=O)N=C1S[C@@H]2CS(=O)(=O)C[C@@H]2N1c1c(C)cc(Br)cc1C. The number of rotatable bonds is 3. The zero-order valence-electron chi connectivity index (χ0n) is 14.2. The number of aliphatic imine (C=N–C) groups is 1. The van der Waals surface area contributed by atoms with Gasteiger partial charge < -0.3 is 9.64 Å². The van der Waals surface area contributed by atoms with Crippen LogP contribution in [0.5, 0.6) is 0 Å². The molecule has 2 heterocycles. The van der Waals surface area contributed by atoms with E-state index in [9.17, 15) is 13.2 Å². The maximum absolute atomic E-state index is 12.1. The topological polar surface area (TPSA) is 76.0 Å². The van der Waals surface area contributed by atoms with Crippen molar-refractivity contribution >= 4 is 54.3 Å². The molecule has 2 aliphatic rings. The van der Waals surface area contributed by atoms with E-state index in [0.29, 0.717) is 5.17 Å². The highest BCUT2D eigenvalue weighted by molar-refractivity contribution is 9.10. The molecule has 2 fully saturated rings. The minimum atomic E-state index is -3.08. The third-order valence-electron chi connectivity index (χ3n) is 4.25. The minimum absolute atomic E-state index is 0.0805. The van der Waals surface area contributed by atoms with Crippen LogP contribution in [-0.4, -0.2) is 56.0 Å². The Balaban J connectivity index is 2.09. The van der Waals surface area contributed by atoms with Crippen molar-refractivity contribution in [2.24, 2.45) is 4.99 Å². The molecule has 0 unspecified atom stereocenters. The molecule has 1 amide bonds. The van der Waals surface area contributed by atoms with Gasteiger partial charge >= 0.3 is 0 Å². The van der Waals surface area contributed by atoms with E-state index in [1.54, 1.807) is 0 Å². The van der Waals surface area contributed by atoms with Gasteiger partial charge in [0.1, 0.15) is 6.61 Å². The van der Waals surface area contributed by atoms with Crippen LogP contribution < -0.4 is 4.90 Å². The van der Waals surface area contributed by atoms with Crippen molar-refractivity contribution in [3.63, 3.8) is 0 Å². The molecule has 0 N–H and O–H groups in total. The van der Waals surface area contributed by atoms with Crippen molar-refractivity contribution in [1.82, 2.24) is 0 Å². The number of anilines is 1. The van der Waals surface area contributed by atoms with Crippen LogP contribution in [0, 0.1) is 13.8 Å². The highest BCUT2D eigenvalue weighted by atomic mass is 79.9. The molecule has 0 aliphatic carbocycles. The molecule has 2 aliphatic heterocycles. The number of nitrogens with zero attached hydrogens (tertiary/aromatic N) is 2. The molecule has 3 rings (SSSR count). The number of aryl methyl sites for hydroxylation is 2. The summed E-state index contributed by atoms with van der Waals surface area (Å²) in [5.74, 6) is -0.174. The standard InChI is InChI=1S/C16H19BrN2O4S2/c1-9-4-11(17)5-10(2)15(9)19-12-7-25(21,22)8-13(12)24-16(19)18-14(20)6-23-3/h4-5,12-13H,6-8H2,1-3H3/t12-,13+/m0/s1. The van der Waals surface area contributed by atoms with Gasteiger partial charge in [0.05, 0.1) is 17.5 Å². The van der Waals surface area contributed by atoms with Crippen LogP contribution in [0.25, 0.3) is 0 Å². The van der Waals surface area contributed by atoms with Crippen molar-refractivity contribution in [2.75, 3.05) is 30.1 Å². The average Bonchev–Trinajstić information content (AvgIpc) is 2.91. The lowest BCUT2D eigenvalue weighted by atomic mass is 10.1. The van der Waals surface area contributed by atoms with Crippen molar-refractivity contribution in [3.05, 3.63) is 27.7 Å². The molecule has 0 radical (unpaired) electrons. The summed E-state index contributed by atoms with van der Waals surface area (Å²) in [5, 5.41) is 0.446. The van der Waals surface area contributed by atoms with Crippen molar-refractivity contribution in [1.29, 1.82) is 0 Å². The number of amides is 1. The van der Waals surface area contributed by atoms with E-state index in [2.05, 4.69) is 20.9 Å². The van der Waals surface area contributed by atoms with Crippen LogP contribution in [0.3, 0.4) is 0 Å². The van der Waals surface area contributed by atoms with Gasteiger partial charge in [-0.05, 0) is 37.1 Å². The quantitative estimate of drug-likeness (QED) is 0.708. The highest BCUT2D eigenvalue weighted by Gasteiger charge is 2.50. The number of fused-ring (bicyclic) bond motifs is 1. The summed E-state index contributed by atoms with van der Waals surface area (Å²) in [6, 6.07) is 3.76. The summed E-state index contributed by atoms with van der Waals surface area (Å²) >= 11 is 4.86. The first-order valence-corrected chi connectivity index (χ1v) is 11.2. The van der Waals surface area contributed by atoms with Crippen LogP contribution in [0.15, 0.2) is 21.6 Å². The monoisotopic (exact) mass is 446 g/mol. The maximum Gasteiger partial charge on any atom is 0.274 e. The first-order valence-electron chi connectivity index (χ1n) is 7.75. The summed E-state index contributed by atoms with van der Waals surface area (Å²) < 4.78 is 30.0. The third-order valence-corrected chi connectivity index (χ3v) is 7.92. The third kappa shape index (κ3) is 3.79. The van der Waals surface area contributed by atoms with Crippen LogP contribution in [0.4, 0.5) is 5.69 Å². The zero-order valence-corrected chi connectivity index (χ0v) is 17.4. The normalized spacial score (nSPS) is 26.2. The van der Waals surface area contributed by atoms with E-state index in [0.717, 1.165) is 21.3 Å². The fraction of sp³-hybridized carbons (Fsp3) is 0.500. The number of halogens is 1. The van der Waals surface area contributed by atoms with Gasteiger partial charge in [-0.15, -0.1) is 0 Å². The van der Waals surface area contributed by atoms with E-state index in [4.69, 9.17) is 4.74 Å². The van der Waals surface area contributed by atoms with E-state index >= 15 is 0 Å². The molecule has 1 aromatic carbocycles. The number of carbonyl (C=O) groups is 1. The minimum Gasteiger partial charge on any atom is -0.375 e. The van der Waals surface area contributed by atoms with Crippen molar-refractivity contribution in [3.8, 4) is 0 Å². The highest BCUT2D eigenvalue weighted by Crippen LogP contribution is 2.43. The fourth-order valence-electron chi connectivity index (χ4n) is 3.37. The molecular weight excluding hydrogens is 428 g/mol. The fourth-order valence-corrected chi connectivity index (χ4v) is 7.98. The molecule has 2 atom stereocenters. The molecular formula is C16H19BrN2O4S2. The van der Waals surface area contributed by atoms with Crippen LogP contribution in [-0.2, 0) is 19.4 Å². The van der Waals surface area contributed by atoms with Crippen LogP contribution >= 0.6 is 27.7 Å². The van der Waals surface area contributed by atoms with Gasteiger partial charge in [0.25, 0.3) is 5.91 Å². The largest absolute Gasteiger partial charge is 0.375 e. The first-order chi connectivity index (χ1) is 11.7. The number of thioether (sulfide) groups is 1. The molecule has 25 heavy (non-hydrogen) atoms. The molecule has 6 nitrogen and oxygen atoms in total. The molecule has 136 valence electrons. The van der Waals surface area contributed by atoms with E-state index in [1.165, 1.54) is 18.9 Å². The Morgan fingerprint density at radius 2 is 2.00 bits per heavy atom. The first kappa shape index (κ1) is 18.9. The molecule has 9 heteroatoms. The Morgan fingerprint density at radius 1 is 1.36 bits per heavy atom. The number of hydrogen-bond donors (Lipinski definition) is 0. The molecule has 0 bridgehead atoms. The second-order valence-corrected chi connectivity index (χ2v) is 10.6. The Kier molecular flexibility index (Phi) is 5.30. The van der Waals surface area contributed by atoms with Crippen molar-refractivity contribution < 1.29 is 17.9 Å². The van der Waals surface area contributed by atoms with E-state index in [1.807, 2.05) is 30.9 Å². The van der Waals surface area contributed by atoms with Gasteiger partial charge in [-0.1, -0.05) is 27.7 Å². The van der Waals surface area contributed by atoms with Gasteiger partial charge in [-0.25, -0.2) is 8.42 Å². The molecule has 0 aromatic heterocycles. The number of benzene rings is 1. The predicted octanol–water partition coefficient (Wildman–Crippen LogP) is 2.31. The van der Waals surface area contributed by atoms with Gasteiger partial charge in [0.15, 0.2) is 15.0 Å². The lowest BCUT2D eigenvalue weighted by Crippen LogP contribution is -2.38. The van der Waals surface area contributed by atoms with Crippen LogP contribution in [0.2, 0.25) is 0 Å². The van der Waals surface area contributed by atoms with Gasteiger partial charge in [0.2, 0.25) is 0 Å².